The van der Waals surface area contributed by atoms with E-state index in [9.17, 15) is 4.79 Å². The zero-order valence-corrected chi connectivity index (χ0v) is 15.0. The summed E-state index contributed by atoms with van der Waals surface area (Å²) >= 11 is 0. The highest BCUT2D eigenvalue weighted by Crippen LogP contribution is 2.18. The first-order chi connectivity index (χ1) is 12.1. The van der Waals surface area contributed by atoms with Gasteiger partial charge in [0.1, 0.15) is 5.82 Å². The van der Waals surface area contributed by atoms with Gasteiger partial charge < -0.3 is 5.32 Å². The van der Waals surface area contributed by atoms with E-state index in [-0.39, 0.29) is 5.91 Å². The van der Waals surface area contributed by atoms with Crippen LogP contribution in [0.5, 0.6) is 0 Å². The molecule has 1 aliphatic heterocycles. The lowest BCUT2D eigenvalue weighted by Gasteiger charge is -2.16. The molecule has 1 saturated heterocycles. The van der Waals surface area contributed by atoms with Crippen molar-refractivity contribution in [3.8, 4) is 0 Å². The van der Waals surface area contributed by atoms with Crippen molar-refractivity contribution in [3.05, 3.63) is 59.7 Å². The number of nitrogens with one attached hydrogen (secondary N) is 1. The lowest BCUT2D eigenvalue weighted by Crippen LogP contribution is -2.31. The smallest absolute Gasteiger partial charge is 0.251 e. The minimum atomic E-state index is 0.0106. The fourth-order valence-corrected chi connectivity index (χ4v) is 3.16. The number of benzene rings is 1. The molecule has 0 saturated carbocycles. The van der Waals surface area contributed by atoms with Crippen LogP contribution in [0.15, 0.2) is 42.6 Å². The van der Waals surface area contributed by atoms with Crippen LogP contribution >= 0.6 is 0 Å². The van der Waals surface area contributed by atoms with Crippen LogP contribution < -0.4 is 5.32 Å². The summed E-state index contributed by atoms with van der Waals surface area (Å²) in [7, 11) is 0. The van der Waals surface area contributed by atoms with Crippen molar-refractivity contribution in [2.75, 3.05) is 19.6 Å². The molecule has 3 rings (SSSR count). The first-order valence-corrected chi connectivity index (χ1v) is 8.99. The van der Waals surface area contributed by atoms with Gasteiger partial charge in [-0.3, -0.25) is 9.69 Å². The Hall–Kier alpha value is -2.27. The molecule has 0 bridgehead atoms. The Labute approximate surface area is 149 Å². The van der Waals surface area contributed by atoms with Gasteiger partial charge in [0.25, 0.3) is 5.91 Å². The van der Waals surface area contributed by atoms with E-state index in [2.05, 4.69) is 34.0 Å². The molecule has 5 nitrogen and oxygen atoms in total. The molecular formula is C20H26N4O. The quantitative estimate of drug-likeness (QED) is 0.880. The summed E-state index contributed by atoms with van der Waals surface area (Å²) in [6.45, 7) is 7.85. The van der Waals surface area contributed by atoms with Crippen molar-refractivity contribution < 1.29 is 4.79 Å². The van der Waals surface area contributed by atoms with Crippen molar-refractivity contribution in [2.24, 2.45) is 5.92 Å². The van der Waals surface area contributed by atoms with Crippen LogP contribution in [0.3, 0.4) is 0 Å². The van der Waals surface area contributed by atoms with E-state index < -0.39 is 0 Å². The van der Waals surface area contributed by atoms with Crippen molar-refractivity contribution in [1.82, 2.24) is 20.2 Å². The van der Waals surface area contributed by atoms with E-state index in [4.69, 9.17) is 0 Å². The maximum Gasteiger partial charge on any atom is 0.251 e. The molecular weight excluding hydrogens is 312 g/mol. The Morgan fingerprint density at radius 3 is 2.84 bits per heavy atom. The number of hydrogen-bond donors (Lipinski definition) is 1. The predicted octanol–water partition coefficient (Wildman–Crippen LogP) is 2.85. The number of hydrogen-bond acceptors (Lipinski definition) is 4. The second kappa shape index (κ2) is 8.21. The third-order valence-electron chi connectivity index (χ3n) is 4.59. The summed E-state index contributed by atoms with van der Waals surface area (Å²) in [5, 5.41) is 3.06. The molecule has 2 aromatic rings. The van der Waals surface area contributed by atoms with Crippen LogP contribution in [0.2, 0.25) is 0 Å². The monoisotopic (exact) mass is 338 g/mol. The number of carbonyl (C=O) groups excluding carboxylic acids is 1. The summed E-state index contributed by atoms with van der Waals surface area (Å²) in [5.41, 5.74) is 1.80. The average molecular weight is 338 g/mol. The lowest BCUT2D eigenvalue weighted by molar-refractivity contribution is 0.0947. The van der Waals surface area contributed by atoms with Gasteiger partial charge in [-0.15, -0.1) is 0 Å². The fraction of sp³-hybridized carbons (Fsp3) is 0.450. The Morgan fingerprint density at radius 1 is 1.28 bits per heavy atom. The molecule has 1 unspecified atom stereocenters. The van der Waals surface area contributed by atoms with E-state index in [0.29, 0.717) is 11.8 Å². The van der Waals surface area contributed by atoms with Gasteiger partial charge in [0.15, 0.2) is 0 Å². The molecule has 0 aliphatic carbocycles. The third-order valence-corrected chi connectivity index (χ3v) is 4.59. The molecule has 25 heavy (non-hydrogen) atoms. The number of carbonyl (C=O) groups is 1. The summed E-state index contributed by atoms with van der Waals surface area (Å²) in [4.78, 5) is 23.5. The normalized spacial score (nSPS) is 17.8. The van der Waals surface area contributed by atoms with E-state index in [1.165, 1.54) is 0 Å². The molecule has 5 heteroatoms. The summed E-state index contributed by atoms with van der Waals surface area (Å²) in [6, 6.07) is 11.4. The van der Waals surface area contributed by atoms with Crippen LogP contribution in [0.25, 0.3) is 0 Å². The van der Waals surface area contributed by atoms with Gasteiger partial charge in [0.2, 0.25) is 0 Å². The summed E-state index contributed by atoms with van der Waals surface area (Å²) < 4.78 is 0. The minimum absolute atomic E-state index is 0.0106. The third kappa shape index (κ3) is 4.86. The summed E-state index contributed by atoms with van der Waals surface area (Å²) in [5.74, 6) is 1.76. The van der Waals surface area contributed by atoms with Crippen molar-refractivity contribution in [2.45, 2.75) is 32.7 Å². The molecule has 1 amide bonds. The van der Waals surface area contributed by atoms with E-state index in [0.717, 1.165) is 49.7 Å². The largest absolute Gasteiger partial charge is 0.352 e. The Morgan fingerprint density at radius 2 is 2.08 bits per heavy atom. The van der Waals surface area contributed by atoms with E-state index in [1.54, 1.807) is 0 Å². The van der Waals surface area contributed by atoms with E-state index in [1.807, 2.05) is 42.6 Å². The Balaban J connectivity index is 1.47. The Kier molecular flexibility index (Phi) is 5.76. The van der Waals surface area contributed by atoms with Gasteiger partial charge in [0, 0.05) is 37.3 Å². The zero-order chi connectivity index (χ0) is 17.6. The van der Waals surface area contributed by atoms with E-state index >= 15 is 0 Å². The maximum atomic E-state index is 12.1. The topological polar surface area (TPSA) is 58.1 Å². The lowest BCUT2D eigenvalue weighted by atomic mass is 10.1. The van der Waals surface area contributed by atoms with Gasteiger partial charge in [-0.1, -0.05) is 32.0 Å². The highest BCUT2D eigenvalue weighted by Gasteiger charge is 2.23. The van der Waals surface area contributed by atoms with Gasteiger partial charge in [-0.05, 0) is 37.1 Å². The van der Waals surface area contributed by atoms with Crippen LogP contribution in [0.1, 0.15) is 48.1 Å². The fourth-order valence-electron chi connectivity index (χ4n) is 3.16. The highest BCUT2D eigenvalue weighted by molar-refractivity contribution is 5.94. The van der Waals surface area contributed by atoms with Crippen molar-refractivity contribution in [3.63, 3.8) is 0 Å². The van der Waals surface area contributed by atoms with Crippen LogP contribution in [-0.4, -0.2) is 40.4 Å². The van der Waals surface area contributed by atoms with Gasteiger partial charge in [0.05, 0.1) is 5.69 Å². The number of rotatable bonds is 6. The number of aromatic nitrogens is 2. The molecule has 1 N–H and O–H groups in total. The molecule has 132 valence electrons. The van der Waals surface area contributed by atoms with Gasteiger partial charge in [-0.25, -0.2) is 9.97 Å². The van der Waals surface area contributed by atoms with Crippen molar-refractivity contribution >= 4 is 5.91 Å². The average Bonchev–Trinajstić information content (AvgIpc) is 3.08. The second-order valence-electron chi connectivity index (χ2n) is 7.03. The molecule has 0 spiro atoms. The van der Waals surface area contributed by atoms with Crippen LogP contribution in [0, 0.1) is 5.92 Å². The van der Waals surface area contributed by atoms with Crippen LogP contribution in [-0.2, 0) is 6.54 Å². The predicted molar refractivity (Wildman–Crippen MR) is 98.3 cm³/mol. The summed E-state index contributed by atoms with van der Waals surface area (Å²) in [6.07, 6.45) is 2.96. The number of likely N-dealkylation sites (tertiary alicyclic amines) is 1. The molecule has 2 heterocycles. The van der Waals surface area contributed by atoms with Crippen LogP contribution in [0.4, 0.5) is 0 Å². The van der Waals surface area contributed by atoms with Gasteiger partial charge in [-0.2, -0.15) is 0 Å². The molecule has 1 fully saturated rings. The first kappa shape index (κ1) is 17.5. The van der Waals surface area contributed by atoms with Gasteiger partial charge >= 0.3 is 0 Å². The Bertz CT molecular complexity index is 702. The maximum absolute atomic E-state index is 12.1. The minimum Gasteiger partial charge on any atom is -0.352 e. The number of nitrogens with zero attached hydrogens (tertiary/aromatic N) is 3. The second-order valence-corrected chi connectivity index (χ2v) is 7.03. The van der Waals surface area contributed by atoms with Crippen molar-refractivity contribution in [1.29, 1.82) is 0 Å². The first-order valence-electron chi connectivity index (χ1n) is 8.99. The zero-order valence-electron chi connectivity index (χ0n) is 15.0. The standard InChI is InChI=1S/C20H26N4O/c1-15(2)19-21-10-8-18(23-19)14-24-11-9-16(13-24)12-22-20(25)17-6-4-3-5-7-17/h3-8,10,15-16H,9,11-14H2,1-2H3,(H,22,25). The SMILES string of the molecule is CC(C)c1nccc(CN2CCC(CNC(=O)c3ccccc3)C2)n1. The highest BCUT2D eigenvalue weighted by atomic mass is 16.1. The molecule has 1 aliphatic rings. The molecule has 1 aromatic heterocycles. The number of amides is 1. The molecule has 1 aromatic carbocycles. The molecule has 1 atom stereocenters. The molecule has 0 radical (unpaired) electrons.